The van der Waals surface area contributed by atoms with Gasteiger partial charge in [0.2, 0.25) is 0 Å². The molecule has 1 aromatic heterocycles. The van der Waals surface area contributed by atoms with Gasteiger partial charge in [-0.25, -0.2) is 13.4 Å². The zero-order chi connectivity index (χ0) is 24.3. The highest BCUT2D eigenvalue weighted by molar-refractivity contribution is 7.99. The summed E-state index contributed by atoms with van der Waals surface area (Å²) in [6, 6.07) is 6.26. The fourth-order valence-corrected chi connectivity index (χ4v) is 7.38. The number of thioether (sulfide) groups is 1. The molecule has 12 heteroatoms. The first-order chi connectivity index (χ1) is 17.0. The van der Waals surface area contributed by atoms with E-state index in [0.29, 0.717) is 43.2 Å². The summed E-state index contributed by atoms with van der Waals surface area (Å²) in [5.41, 5.74) is 0.538. The van der Waals surface area contributed by atoms with Crippen LogP contribution in [0.25, 0.3) is 0 Å². The second-order valence-corrected chi connectivity index (χ2v) is 13.3. The summed E-state index contributed by atoms with van der Waals surface area (Å²) < 4.78 is 30.4. The van der Waals surface area contributed by atoms with Crippen molar-refractivity contribution in [1.29, 1.82) is 0 Å². The predicted molar refractivity (Wildman–Crippen MR) is 137 cm³/mol. The van der Waals surface area contributed by atoms with Crippen LogP contribution in [-0.4, -0.2) is 79.1 Å². The normalized spacial score (nSPS) is 21.7. The summed E-state index contributed by atoms with van der Waals surface area (Å²) in [4.78, 5) is 26.9. The van der Waals surface area contributed by atoms with Crippen LogP contribution in [0.1, 0.15) is 29.7 Å². The van der Waals surface area contributed by atoms with Crippen molar-refractivity contribution in [1.82, 2.24) is 9.88 Å². The highest BCUT2D eigenvalue weighted by atomic mass is 32.2. The molecule has 5 rings (SSSR count). The molecule has 0 radical (unpaired) electrons. The fourth-order valence-electron chi connectivity index (χ4n) is 3.90. The Balaban J connectivity index is 1.31. The second kappa shape index (κ2) is 11.0. The van der Waals surface area contributed by atoms with Crippen molar-refractivity contribution < 1.29 is 22.8 Å². The van der Waals surface area contributed by atoms with Crippen LogP contribution in [0.4, 0.5) is 5.13 Å². The van der Waals surface area contributed by atoms with Gasteiger partial charge in [0.15, 0.2) is 26.8 Å². The minimum Gasteiger partial charge on any atom is -0.389 e. The number of nitrogens with zero attached hydrogens (tertiary/aromatic N) is 3. The number of anilines is 1. The SMILES string of the molecule is O=C(Nc1ncc(CN2CCSCC2)s1)/C(=N/O[C@@H]1CCOC1)c1ccc(S(=O)(=O)C2CC2)cc1. The standard InChI is InChI=1S/C23H28N4O5S3/c28-22(25-23-24-13-18(34-23)14-27-8-11-33-12-9-27)21(26-32-17-7-10-31-15-17)16-1-3-19(4-2-16)35(29,30)20-5-6-20/h1-4,13,17,20H,5-12,14-15H2,(H,24,25,28)/b26-21+/t17-/m1/s1. The van der Waals surface area contributed by atoms with E-state index >= 15 is 0 Å². The first-order valence-electron chi connectivity index (χ1n) is 11.7. The fraction of sp³-hybridized carbons (Fsp3) is 0.522. The number of hydrogen-bond acceptors (Lipinski definition) is 10. The van der Waals surface area contributed by atoms with Gasteiger partial charge in [0, 0.05) is 54.2 Å². The third-order valence-electron chi connectivity index (χ3n) is 6.07. The average Bonchev–Trinajstić information content (AvgIpc) is 3.45. The monoisotopic (exact) mass is 536 g/mol. The van der Waals surface area contributed by atoms with Gasteiger partial charge in [-0.05, 0) is 25.0 Å². The third kappa shape index (κ3) is 6.23. The van der Waals surface area contributed by atoms with E-state index in [1.165, 1.54) is 23.5 Å². The summed E-state index contributed by atoms with van der Waals surface area (Å²) in [5.74, 6) is 1.81. The zero-order valence-electron chi connectivity index (χ0n) is 19.2. The third-order valence-corrected chi connectivity index (χ3v) is 10.2. The molecule has 0 spiro atoms. The summed E-state index contributed by atoms with van der Waals surface area (Å²) in [5, 5.41) is 7.18. The average molecular weight is 537 g/mol. The molecule has 3 fully saturated rings. The minimum absolute atomic E-state index is 0.0667. The number of thiazole rings is 1. The molecule has 0 bridgehead atoms. The summed E-state index contributed by atoms with van der Waals surface area (Å²) >= 11 is 3.41. The molecule has 3 heterocycles. The molecule has 2 saturated heterocycles. The number of benzene rings is 1. The van der Waals surface area contributed by atoms with E-state index in [1.807, 2.05) is 11.8 Å². The van der Waals surface area contributed by atoms with Crippen molar-refractivity contribution in [2.24, 2.45) is 5.16 Å². The van der Waals surface area contributed by atoms with E-state index in [0.717, 1.165) is 36.0 Å². The summed E-state index contributed by atoms with van der Waals surface area (Å²) in [6.07, 6.45) is 3.66. The molecule has 3 aliphatic rings. The van der Waals surface area contributed by atoms with Crippen LogP contribution in [0.15, 0.2) is 40.5 Å². The van der Waals surface area contributed by atoms with E-state index in [-0.39, 0.29) is 22.0 Å². The predicted octanol–water partition coefficient (Wildman–Crippen LogP) is 2.78. The van der Waals surface area contributed by atoms with Gasteiger partial charge in [-0.3, -0.25) is 15.0 Å². The van der Waals surface area contributed by atoms with E-state index in [9.17, 15) is 13.2 Å². The molecule has 9 nitrogen and oxygen atoms in total. The maximum Gasteiger partial charge on any atom is 0.280 e. The minimum atomic E-state index is -3.31. The van der Waals surface area contributed by atoms with Crippen LogP contribution in [0.5, 0.6) is 0 Å². The molecule has 0 unspecified atom stereocenters. The highest BCUT2D eigenvalue weighted by Gasteiger charge is 2.36. The molecular formula is C23H28N4O5S3. The summed E-state index contributed by atoms with van der Waals surface area (Å²) in [6.45, 7) is 3.93. The molecule has 1 N–H and O–H groups in total. The lowest BCUT2D eigenvalue weighted by Crippen LogP contribution is -2.31. The molecule has 2 aliphatic heterocycles. The number of carbonyl (C=O) groups excluding carboxylic acids is 1. The number of amides is 1. The molecule has 1 saturated carbocycles. The maximum absolute atomic E-state index is 13.2. The largest absolute Gasteiger partial charge is 0.389 e. The van der Waals surface area contributed by atoms with Crippen molar-refractivity contribution >= 4 is 49.7 Å². The molecule has 1 aliphatic carbocycles. The van der Waals surface area contributed by atoms with Crippen LogP contribution in [-0.2, 0) is 30.8 Å². The van der Waals surface area contributed by atoms with Crippen LogP contribution in [0.3, 0.4) is 0 Å². The van der Waals surface area contributed by atoms with Gasteiger partial charge < -0.3 is 9.57 Å². The molecular weight excluding hydrogens is 508 g/mol. The van der Waals surface area contributed by atoms with Crippen molar-refractivity contribution in [2.75, 3.05) is 43.1 Å². The van der Waals surface area contributed by atoms with Crippen LogP contribution >= 0.6 is 23.1 Å². The van der Waals surface area contributed by atoms with E-state index in [1.54, 1.807) is 18.3 Å². The van der Waals surface area contributed by atoms with Crippen molar-refractivity contribution in [3.63, 3.8) is 0 Å². The Bertz CT molecular complexity index is 1170. The topological polar surface area (TPSA) is 110 Å². The van der Waals surface area contributed by atoms with Crippen molar-refractivity contribution in [3.8, 4) is 0 Å². The number of ether oxygens (including phenoxy) is 1. The smallest absolute Gasteiger partial charge is 0.280 e. The second-order valence-electron chi connectivity index (χ2n) is 8.77. The van der Waals surface area contributed by atoms with Crippen molar-refractivity contribution in [2.45, 2.75) is 42.1 Å². The van der Waals surface area contributed by atoms with Crippen molar-refractivity contribution in [3.05, 3.63) is 40.9 Å². The Labute approximate surface area is 213 Å². The van der Waals surface area contributed by atoms with E-state index in [2.05, 4.69) is 20.4 Å². The lowest BCUT2D eigenvalue weighted by atomic mass is 10.1. The van der Waals surface area contributed by atoms with Gasteiger partial charge in [-0.2, -0.15) is 11.8 Å². The molecule has 1 aromatic carbocycles. The van der Waals surface area contributed by atoms with Crippen LogP contribution < -0.4 is 5.32 Å². The quantitative estimate of drug-likeness (QED) is 0.385. The Kier molecular flexibility index (Phi) is 7.73. The molecule has 35 heavy (non-hydrogen) atoms. The highest BCUT2D eigenvalue weighted by Crippen LogP contribution is 2.33. The Morgan fingerprint density at radius 1 is 1.20 bits per heavy atom. The van der Waals surface area contributed by atoms with Gasteiger partial charge in [0.1, 0.15) is 0 Å². The Hall–Kier alpha value is -1.99. The maximum atomic E-state index is 13.2. The molecule has 2 aromatic rings. The number of nitrogens with one attached hydrogen (secondary N) is 1. The van der Waals surface area contributed by atoms with Gasteiger partial charge in [-0.15, -0.1) is 11.3 Å². The molecule has 1 atom stereocenters. The Morgan fingerprint density at radius 3 is 2.66 bits per heavy atom. The van der Waals surface area contributed by atoms with Gasteiger partial charge in [-0.1, -0.05) is 17.3 Å². The molecule has 188 valence electrons. The molecule has 1 amide bonds. The number of carbonyl (C=O) groups is 1. The number of rotatable bonds is 9. The Morgan fingerprint density at radius 2 is 1.97 bits per heavy atom. The summed E-state index contributed by atoms with van der Waals surface area (Å²) in [7, 11) is -3.31. The van der Waals surface area contributed by atoms with E-state index in [4.69, 9.17) is 9.57 Å². The van der Waals surface area contributed by atoms with Gasteiger partial charge >= 0.3 is 0 Å². The first kappa shape index (κ1) is 24.7. The lowest BCUT2D eigenvalue weighted by Gasteiger charge is -2.25. The van der Waals surface area contributed by atoms with Crippen LogP contribution in [0, 0.1) is 0 Å². The van der Waals surface area contributed by atoms with Crippen LogP contribution in [0.2, 0.25) is 0 Å². The number of oxime groups is 1. The number of sulfone groups is 1. The first-order valence-corrected chi connectivity index (χ1v) is 15.2. The van der Waals surface area contributed by atoms with E-state index < -0.39 is 15.7 Å². The number of aromatic nitrogens is 1. The van der Waals surface area contributed by atoms with Gasteiger partial charge in [0.25, 0.3) is 5.91 Å². The zero-order valence-corrected chi connectivity index (χ0v) is 21.7. The lowest BCUT2D eigenvalue weighted by molar-refractivity contribution is -0.110. The number of hydrogen-bond donors (Lipinski definition) is 1. The van der Waals surface area contributed by atoms with Gasteiger partial charge in [0.05, 0.1) is 23.4 Å².